The number of nitrogens with two attached hydrogens (primary N) is 1. The van der Waals surface area contributed by atoms with E-state index in [9.17, 15) is 9.90 Å². The van der Waals surface area contributed by atoms with Crippen LogP contribution < -0.4 is 10.6 Å². The summed E-state index contributed by atoms with van der Waals surface area (Å²) in [6, 6.07) is 5.65. The molecular formula is C23H25ClN8O2S. The fourth-order valence-electron chi connectivity index (χ4n) is 3.93. The third-order valence-electron chi connectivity index (χ3n) is 5.86. The van der Waals surface area contributed by atoms with Gasteiger partial charge in [-0.05, 0) is 49.7 Å². The summed E-state index contributed by atoms with van der Waals surface area (Å²) in [6.07, 6.45) is 0.705. The van der Waals surface area contributed by atoms with Gasteiger partial charge in [-0.2, -0.15) is 0 Å². The van der Waals surface area contributed by atoms with Crippen molar-refractivity contribution in [2.45, 2.75) is 55.3 Å². The molecule has 35 heavy (non-hydrogen) atoms. The normalized spacial score (nSPS) is 15.1. The van der Waals surface area contributed by atoms with E-state index in [4.69, 9.17) is 27.3 Å². The lowest BCUT2D eigenvalue weighted by Gasteiger charge is -2.38. The molecule has 12 heteroatoms. The number of carbonyl (C=O) groups excluding carboxylic acids is 1. The highest BCUT2D eigenvalue weighted by Gasteiger charge is 2.29. The van der Waals surface area contributed by atoms with Crippen LogP contribution >= 0.6 is 23.4 Å². The fourth-order valence-corrected chi connectivity index (χ4v) is 5.07. The summed E-state index contributed by atoms with van der Waals surface area (Å²) in [7, 11) is 0. The summed E-state index contributed by atoms with van der Waals surface area (Å²) in [4.78, 5) is 32.6. The van der Waals surface area contributed by atoms with E-state index in [2.05, 4.69) is 25.1 Å². The summed E-state index contributed by atoms with van der Waals surface area (Å²) in [6.45, 7) is 5.10. The zero-order valence-corrected chi connectivity index (χ0v) is 20.9. The lowest BCUT2D eigenvalue weighted by molar-refractivity contribution is 0.0938. The van der Waals surface area contributed by atoms with Gasteiger partial charge in [0.2, 0.25) is 11.6 Å². The first-order valence-electron chi connectivity index (χ1n) is 11.4. The van der Waals surface area contributed by atoms with E-state index < -0.39 is 6.10 Å². The van der Waals surface area contributed by atoms with Crippen molar-refractivity contribution in [1.82, 2.24) is 30.1 Å². The van der Waals surface area contributed by atoms with Gasteiger partial charge in [-0.15, -0.1) is 10.2 Å². The lowest BCUT2D eigenvalue weighted by atomic mass is 10.1. The molecule has 1 aliphatic rings. The van der Waals surface area contributed by atoms with Crippen molar-refractivity contribution < 1.29 is 9.90 Å². The van der Waals surface area contributed by atoms with Gasteiger partial charge < -0.3 is 20.7 Å². The van der Waals surface area contributed by atoms with Crippen molar-refractivity contribution in [1.29, 1.82) is 0 Å². The number of aromatic nitrogens is 6. The molecule has 0 unspecified atom stereocenters. The highest BCUT2D eigenvalue weighted by Crippen LogP contribution is 2.38. The number of hydrogen-bond donors (Lipinski definition) is 3. The molecule has 0 amide bonds. The van der Waals surface area contributed by atoms with Crippen LogP contribution in [0.5, 0.6) is 0 Å². The van der Waals surface area contributed by atoms with Crippen LogP contribution in [0.2, 0.25) is 5.02 Å². The molecule has 0 saturated carbocycles. The van der Waals surface area contributed by atoms with Crippen molar-refractivity contribution >= 4 is 57.0 Å². The van der Waals surface area contributed by atoms with Gasteiger partial charge in [0.15, 0.2) is 5.16 Å². The van der Waals surface area contributed by atoms with Crippen molar-refractivity contribution in [3.05, 3.63) is 34.7 Å². The number of ketones is 1. The number of H-pyrrole nitrogens is 1. The smallest absolute Gasteiger partial charge is 0.218 e. The number of aryl methyl sites for hydroxylation is 1. The van der Waals surface area contributed by atoms with E-state index in [1.807, 2.05) is 19.1 Å². The number of rotatable bonds is 8. The highest BCUT2D eigenvalue weighted by molar-refractivity contribution is 7.99. The van der Waals surface area contributed by atoms with Crippen LogP contribution in [0.4, 0.5) is 5.82 Å². The SMILES string of the molecule is CCc1[nH]c2nc(Sc3ccc4nnc(C(=O)CC[C@H](C)O)nc4c3)nc(N3CC(N)C3)c2c1Cl. The summed E-state index contributed by atoms with van der Waals surface area (Å²) < 4.78 is 0. The molecule has 1 aliphatic heterocycles. The van der Waals surface area contributed by atoms with E-state index in [1.54, 1.807) is 13.0 Å². The van der Waals surface area contributed by atoms with Crippen molar-refractivity contribution in [3.8, 4) is 0 Å². The Kier molecular flexibility index (Phi) is 6.58. The number of halogens is 1. The number of aliphatic hydroxyl groups excluding tert-OH is 1. The third-order valence-corrected chi connectivity index (χ3v) is 7.13. The van der Waals surface area contributed by atoms with E-state index in [0.717, 1.165) is 28.2 Å². The second-order valence-electron chi connectivity index (χ2n) is 8.69. The van der Waals surface area contributed by atoms with Gasteiger partial charge in [-0.3, -0.25) is 4.79 Å². The molecule has 0 radical (unpaired) electrons. The highest BCUT2D eigenvalue weighted by atomic mass is 35.5. The van der Waals surface area contributed by atoms with Gasteiger partial charge in [0.1, 0.15) is 17.0 Å². The second-order valence-corrected chi connectivity index (χ2v) is 10.1. The number of anilines is 1. The Hall–Kier alpha value is -2.86. The molecule has 4 aromatic rings. The molecule has 0 aliphatic carbocycles. The molecule has 3 aromatic heterocycles. The quantitative estimate of drug-likeness (QED) is 0.237. The molecule has 10 nitrogen and oxygen atoms in total. The molecule has 1 atom stereocenters. The van der Waals surface area contributed by atoms with Crippen LogP contribution in [0.15, 0.2) is 28.3 Å². The van der Waals surface area contributed by atoms with Crippen molar-refractivity contribution in [3.63, 3.8) is 0 Å². The van der Waals surface area contributed by atoms with Crippen molar-refractivity contribution in [2.75, 3.05) is 18.0 Å². The number of nitrogens with zero attached hydrogens (tertiary/aromatic N) is 6. The Morgan fingerprint density at radius 2 is 2.09 bits per heavy atom. The predicted octanol–water partition coefficient (Wildman–Crippen LogP) is 3.15. The Morgan fingerprint density at radius 3 is 2.80 bits per heavy atom. The Morgan fingerprint density at radius 1 is 1.29 bits per heavy atom. The maximum absolute atomic E-state index is 12.4. The number of aromatic amines is 1. The molecule has 4 heterocycles. The van der Waals surface area contributed by atoms with Crippen LogP contribution in [0.25, 0.3) is 22.1 Å². The van der Waals surface area contributed by atoms with Crippen LogP contribution in [-0.4, -0.2) is 66.3 Å². The van der Waals surface area contributed by atoms with Crippen molar-refractivity contribution in [2.24, 2.45) is 5.73 Å². The topological polar surface area (TPSA) is 147 Å². The van der Waals surface area contributed by atoms with Crippen LogP contribution in [0.1, 0.15) is 43.0 Å². The standard InChI is InChI=1S/C23H25ClN8O2S/c1-3-14-19(24)18-21(26-14)28-23(29-22(18)32-9-12(25)10-32)35-13-5-6-15-16(8-13)27-20(31-30-15)17(34)7-4-11(2)33/h5-6,8,11-12,33H,3-4,7,9-10,25H2,1-2H3,(H,26,28,29)/t11-/m0/s1. The summed E-state index contributed by atoms with van der Waals surface area (Å²) in [5, 5.41) is 19.5. The summed E-state index contributed by atoms with van der Waals surface area (Å²) in [5.41, 5.74) is 8.76. The average Bonchev–Trinajstić information content (AvgIpc) is 3.15. The molecule has 1 aromatic carbocycles. The minimum atomic E-state index is -0.562. The van der Waals surface area contributed by atoms with Crippen LogP contribution in [-0.2, 0) is 6.42 Å². The zero-order valence-electron chi connectivity index (χ0n) is 19.3. The number of benzene rings is 1. The Labute approximate surface area is 210 Å². The second kappa shape index (κ2) is 9.65. The van der Waals surface area contributed by atoms with Gasteiger partial charge >= 0.3 is 0 Å². The third kappa shape index (κ3) is 4.81. The largest absolute Gasteiger partial charge is 0.393 e. The van der Waals surface area contributed by atoms with Crippen LogP contribution in [0, 0.1) is 0 Å². The van der Waals surface area contributed by atoms with Crippen LogP contribution in [0.3, 0.4) is 0 Å². The van der Waals surface area contributed by atoms with E-state index in [-0.39, 0.29) is 24.1 Å². The number of aliphatic hydroxyl groups is 1. The molecule has 1 fully saturated rings. The minimum Gasteiger partial charge on any atom is -0.393 e. The summed E-state index contributed by atoms with van der Waals surface area (Å²) >= 11 is 8.03. The summed E-state index contributed by atoms with van der Waals surface area (Å²) in [5.74, 6) is 0.568. The van der Waals surface area contributed by atoms with E-state index in [1.165, 1.54) is 11.8 Å². The lowest BCUT2D eigenvalue weighted by Crippen LogP contribution is -2.56. The van der Waals surface area contributed by atoms with Gasteiger partial charge in [0.05, 0.1) is 22.0 Å². The minimum absolute atomic E-state index is 0.0440. The average molecular weight is 513 g/mol. The van der Waals surface area contributed by atoms with E-state index >= 15 is 0 Å². The first-order chi connectivity index (χ1) is 16.8. The maximum Gasteiger partial charge on any atom is 0.218 e. The van der Waals surface area contributed by atoms with E-state index in [0.29, 0.717) is 46.4 Å². The number of Topliss-reactive ketones (excluding diaryl/α,β-unsaturated/α-hetero) is 1. The van der Waals surface area contributed by atoms with Gasteiger partial charge in [0.25, 0.3) is 0 Å². The molecule has 0 bridgehead atoms. The number of fused-ring (bicyclic) bond motifs is 2. The predicted molar refractivity (Wildman–Crippen MR) is 135 cm³/mol. The molecular weight excluding hydrogens is 488 g/mol. The maximum atomic E-state index is 12.4. The fraction of sp³-hybridized carbons (Fsp3) is 0.391. The molecule has 5 rings (SSSR count). The molecule has 0 spiro atoms. The number of hydrogen-bond acceptors (Lipinski definition) is 10. The van der Waals surface area contributed by atoms with Gasteiger partial charge in [-0.25, -0.2) is 15.0 Å². The first kappa shape index (κ1) is 23.9. The van der Waals surface area contributed by atoms with Gasteiger partial charge in [0, 0.05) is 36.1 Å². The molecule has 1 saturated heterocycles. The Bertz CT molecular complexity index is 1420. The molecule has 4 N–H and O–H groups in total. The molecule has 182 valence electrons. The first-order valence-corrected chi connectivity index (χ1v) is 12.6. The zero-order chi connectivity index (χ0) is 24.7. The number of carbonyl (C=O) groups is 1. The monoisotopic (exact) mass is 512 g/mol. The van der Waals surface area contributed by atoms with Gasteiger partial charge in [-0.1, -0.05) is 18.5 Å². The Balaban J connectivity index is 1.47. The number of nitrogens with one attached hydrogen (secondary N) is 1.